The molecule has 1 aromatic carbocycles. The van der Waals surface area contributed by atoms with Gasteiger partial charge in [-0.25, -0.2) is 0 Å². The van der Waals surface area contributed by atoms with Gasteiger partial charge in [0.05, 0.1) is 12.6 Å². The van der Waals surface area contributed by atoms with Crippen molar-refractivity contribution >= 4 is 5.91 Å². The zero-order chi connectivity index (χ0) is 21.5. The number of hydrogen-bond acceptors (Lipinski definition) is 3. The molecule has 1 amide bonds. The molecule has 0 spiro atoms. The van der Waals surface area contributed by atoms with E-state index < -0.39 is 0 Å². The van der Waals surface area contributed by atoms with Gasteiger partial charge in [0.25, 0.3) is 0 Å². The summed E-state index contributed by atoms with van der Waals surface area (Å²) in [7, 11) is 0. The van der Waals surface area contributed by atoms with E-state index in [0.717, 1.165) is 11.1 Å². The first-order chi connectivity index (χ1) is 13.9. The second-order valence-corrected chi connectivity index (χ2v) is 8.04. The zero-order valence-electron chi connectivity index (χ0n) is 18.4. The van der Waals surface area contributed by atoms with Crippen molar-refractivity contribution in [3.63, 3.8) is 0 Å². The summed E-state index contributed by atoms with van der Waals surface area (Å²) in [6, 6.07) is 6.43. The molecule has 0 heterocycles. The molecule has 1 aromatic rings. The van der Waals surface area contributed by atoms with E-state index >= 15 is 0 Å². The molecule has 0 saturated carbocycles. The molecule has 2 atom stereocenters. The summed E-state index contributed by atoms with van der Waals surface area (Å²) < 4.78 is 0. The molecule has 0 aliphatic rings. The normalized spacial score (nSPS) is 14.1. The molecule has 0 saturated heterocycles. The number of unbranched alkanes of at least 4 members (excludes halogenated alkanes) is 5. The first-order valence-electron chi connectivity index (χ1n) is 11.0. The lowest BCUT2D eigenvalue weighted by molar-refractivity contribution is -0.117. The van der Waals surface area contributed by atoms with Gasteiger partial charge in [0, 0.05) is 6.08 Å². The lowest BCUT2D eigenvalue weighted by Crippen LogP contribution is -2.38. The predicted molar refractivity (Wildman–Crippen MR) is 121 cm³/mol. The Morgan fingerprint density at radius 3 is 2.38 bits per heavy atom. The quantitative estimate of drug-likeness (QED) is 0.225. The molecular formula is C25H39NO3. The maximum atomic E-state index is 12.2. The van der Waals surface area contributed by atoms with Crippen molar-refractivity contribution in [1.29, 1.82) is 0 Å². The summed E-state index contributed by atoms with van der Waals surface area (Å²) in [5.74, 6) is 0.502. The minimum absolute atomic E-state index is 0.134. The van der Waals surface area contributed by atoms with E-state index in [1.165, 1.54) is 51.0 Å². The standard InChI is InChI=1S/C25H39NO3/c1-4-5-6-7-8-9-10-20(2)17-21(3)11-16-25(29)26-23(19-27)18-22-12-14-24(28)15-13-22/h11-17,20,23,27-28H,4-10,18-19H2,1-3H3,(H,26,29)/b16-11+,21-17+. The number of aromatic hydroxyl groups is 1. The van der Waals surface area contributed by atoms with Crippen LogP contribution in [0.2, 0.25) is 0 Å². The third kappa shape index (κ3) is 12.2. The average molecular weight is 402 g/mol. The number of aliphatic hydroxyl groups excluding tert-OH is 1. The Balaban J connectivity index is 2.38. The molecule has 1 rings (SSSR count). The summed E-state index contributed by atoms with van der Waals surface area (Å²) in [6.45, 7) is 6.35. The maximum absolute atomic E-state index is 12.2. The Morgan fingerprint density at radius 2 is 1.72 bits per heavy atom. The van der Waals surface area contributed by atoms with E-state index in [1.54, 1.807) is 24.3 Å². The molecule has 4 nitrogen and oxygen atoms in total. The number of rotatable bonds is 14. The lowest BCUT2D eigenvalue weighted by Gasteiger charge is -2.15. The van der Waals surface area contributed by atoms with E-state index in [4.69, 9.17) is 0 Å². The van der Waals surface area contributed by atoms with E-state index in [0.29, 0.717) is 12.3 Å². The molecule has 29 heavy (non-hydrogen) atoms. The zero-order valence-corrected chi connectivity index (χ0v) is 18.4. The molecule has 0 aromatic heterocycles. The van der Waals surface area contributed by atoms with Crippen molar-refractivity contribution in [2.45, 2.75) is 78.2 Å². The number of hydrogen-bond donors (Lipinski definition) is 3. The van der Waals surface area contributed by atoms with Crippen LogP contribution in [0.3, 0.4) is 0 Å². The molecule has 0 aliphatic carbocycles. The number of aliphatic hydroxyl groups is 1. The highest BCUT2D eigenvalue weighted by Gasteiger charge is 2.10. The van der Waals surface area contributed by atoms with E-state index in [1.807, 2.05) is 13.0 Å². The van der Waals surface area contributed by atoms with Crippen molar-refractivity contribution < 1.29 is 15.0 Å². The third-order valence-electron chi connectivity index (χ3n) is 5.04. The molecule has 3 N–H and O–H groups in total. The van der Waals surface area contributed by atoms with Gasteiger partial charge in [-0.15, -0.1) is 0 Å². The number of nitrogens with one attached hydrogen (secondary N) is 1. The van der Waals surface area contributed by atoms with Crippen molar-refractivity contribution in [2.75, 3.05) is 6.61 Å². The van der Waals surface area contributed by atoms with Crippen molar-refractivity contribution in [3.8, 4) is 5.75 Å². The van der Waals surface area contributed by atoms with Crippen LogP contribution in [0.1, 0.15) is 71.3 Å². The monoisotopic (exact) mass is 401 g/mol. The second kappa shape index (κ2) is 14.9. The number of allylic oxidation sites excluding steroid dienone is 3. The van der Waals surface area contributed by atoms with Crippen LogP contribution in [0.15, 0.2) is 48.1 Å². The minimum Gasteiger partial charge on any atom is -0.508 e. The summed E-state index contributed by atoms with van der Waals surface area (Å²) in [5.41, 5.74) is 2.03. The highest BCUT2D eigenvalue weighted by atomic mass is 16.3. The number of carbonyl (C=O) groups excluding carboxylic acids is 1. The largest absolute Gasteiger partial charge is 0.508 e. The van der Waals surface area contributed by atoms with Gasteiger partial charge in [0.2, 0.25) is 5.91 Å². The first-order valence-corrected chi connectivity index (χ1v) is 11.0. The molecular weight excluding hydrogens is 362 g/mol. The number of benzene rings is 1. The Kier molecular flexibility index (Phi) is 12.8. The number of carbonyl (C=O) groups is 1. The molecule has 162 valence electrons. The highest BCUT2D eigenvalue weighted by Crippen LogP contribution is 2.15. The van der Waals surface area contributed by atoms with Crippen molar-refractivity contribution in [2.24, 2.45) is 5.92 Å². The fraction of sp³-hybridized carbons (Fsp3) is 0.560. The number of amides is 1. The molecule has 4 heteroatoms. The van der Waals surface area contributed by atoms with E-state index in [2.05, 4.69) is 25.2 Å². The van der Waals surface area contributed by atoms with Gasteiger partial charge < -0.3 is 15.5 Å². The molecule has 0 aliphatic heterocycles. The average Bonchev–Trinajstić information content (AvgIpc) is 2.70. The molecule has 2 unspecified atom stereocenters. The topological polar surface area (TPSA) is 69.6 Å². The van der Waals surface area contributed by atoms with Crippen molar-refractivity contribution in [1.82, 2.24) is 5.32 Å². The second-order valence-electron chi connectivity index (χ2n) is 8.04. The maximum Gasteiger partial charge on any atom is 0.244 e. The highest BCUT2D eigenvalue weighted by molar-refractivity contribution is 5.88. The van der Waals surface area contributed by atoms with Gasteiger partial charge in [-0.05, 0) is 43.4 Å². The predicted octanol–water partition coefficient (Wildman–Crippen LogP) is 5.30. The van der Waals surface area contributed by atoms with Crippen LogP contribution in [0.25, 0.3) is 0 Å². The molecule has 0 fully saturated rings. The summed E-state index contributed by atoms with van der Waals surface area (Å²) >= 11 is 0. The molecule has 0 bridgehead atoms. The van der Waals surface area contributed by atoms with Gasteiger partial charge in [0.1, 0.15) is 5.75 Å². The van der Waals surface area contributed by atoms with Crippen LogP contribution in [0.5, 0.6) is 5.75 Å². The Labute approximate surface area is 176 Å². The number of phenolic OH excluding ortho intramolecular Hbond substituents is 1. The number of phenols is 1. The van der Waals surface area contributed by atoms with Crippen LogP contribution in [-0.4, -0.2) is 28.8 Å². The van der Waals surface area contributed by atoms with Crippen molar-refractivity contribution in [3.05, 3.63) is 53.6 Å². The SMILES string of the molecule is CCCCCCCCC(C)/C=C(C)/C=C/C(=O)NC(CO)Cc1ccc(O)cc1. The fourth-order valence-corrected chi connectivity index (χ4v) is 3.37. The van der Waals surface area contributed by atoms with Crippen LogP contribution in [0, 0.1) is 5.92 Å². The van der Waals surface area contributed by atoms with Crippen LogP contribution in [-0.2, 0) is 11.2 Å². The minimum atomic E-state index is -0.354. The smallest absolute Gasteiger partial charge is 0.244 e. The molecule has 0 radical (unpaired) electrons. The Hall–Kier alpha value is -2.07. The Bertz CT molecular complexity index is 634. The van der Waals surface area contributed by atoms with Crippen LogP contribution >= 0.6 is 0 Å². The van der Waals surface area contributed by atoms with Gasteiger partial charge in [-0.1, -0.05) is 82.2 Å². The van der Waals surface area contributed by atoms with Gasteiger partial charge in [-0.3, -0.25) is 4.79 Å². The van der Waals surface area contributed by atoms with Gasteiger partial charge >= 0.3 is 0 Å². The van der Waals surface area contributed by atoms with E-state index in [-0.39, 0.29) is 24.3 Å². The summed E-state index contributed by atoms with van der Waals surface area (Å²) in [5, 5.41) is 21.7. The third-order valence-corrected chi connectivity index (χ3v) is 5.04. The summed E-state index contributed by atoms with van der Waals surface area (Å²) in [6.07, 6.45) is 15.2. The van der Waals surface area contributed by atoms with E-state index in [9.17, 15) is 15.0 Å². The van der Waals surface area contributed by atoms with Gasteiger partial charge in [-0.2, -0.15) is 0 Å². The van der Waals surface area contributed by atoms with Gasteiger partial charge in [0.15, 0.2) is 0 Å². The Morgan fingerprint density at radius 1 is 1.07 bits per heavy atom. The first kappa shape index (κ1) is 25.0. The van der Waals surface area contributed by atoms with Crippen LogP contribution < -0.4 is 5.32 Å². The van der Waals surface area contributed by atoms with Crippen LogP contribution in [0.4, 0.5) is 0 Å². The summed E-state index contributed by atoms with van der Waals surface area (Å²) in [4.78, 5) is 12.2. The fourth-order valence-electron chi connectivity index (χ4n) is 3.37. The lowest BCUT2D eigenvalue weighted by atomic mass is 9.99.